The Morgan fingerprint density at radius 1 is 1.38 bits per heavy atom. The van der Waals surface area contributed by atoms with Crippen LogP contribution in [0.1, 0.15) is 10.4 Å². The Labute approximate surface area is 142 Å². The second-order valence-corrected chi connectivity index (χ2v) is 6.03. The molecular formula is C18H15FN2O2S. The minimum Gasteiger partial charge on any atom is -0.497 e. The predicted molar refractivity (Wildman–Crippen MR) is 92.9 cm³/mol. The van der Waals surface area contributed by atoms with Gasteiger partial charge in [0.25, 0.3) is 5.91 Å². The summed E-state index contributed by atoms with van der Waals surface area (Å²) in [5.74, 6) is -0.169. The maximum absolute atomic E-state index is 14.2. The summed E-state index contributed by atoms with van der Waals surface area (Å²) >= 11 is 1.27. The van der Waals surface area contributed by atoms with Gasteiger partial charge >= 0.3 is 0 Å². The number of allylic oxidation sites excluding steroid dienone is 1. The highest BCUT2D eigenvalue weighted by Crippen LogP contribution is 2.20. The summed E-state index contributed by atoms with van der Waals surface area (Å²) in [6.45, 7) is 4.06. The van der Waals surface area contributed by atoms with Gasteiger partial charge in [-0.2, -0.15) is 4.99 Å². The molecule has 3 aromatic rings. The number of hydrogen-bond acceptors (Lipinski definition) is 3. The molecule has 4 nitrogen and oxygen atoms in total. The van der Waals surface area contributed by atoms with Crippen molar-refractivity contribution >= 4 is 27.5 Å². The van der Waals surface area contributed by atoms with Gasteiger partial charge in [0.15, 0.2) is 4.80 Å². The average Bonchev–Trinajstić information content (AvgIpc) is 2.94. The zero-order chi connectivity index (χ0) is 17.1. The van der Waals surface area contributed by atoms with Crippen molar-refractivity contribution in [3.63, 3.8) is 0 Å². The van der Waals surface area contributed by atoms with Gasteiger partial charge in [0, 0.05) is 12.1 Å². The Bertz CT molecular complexity index is 988. The fourth-order valence-electron chi connectivity index (χ4n) is 2.38. The summed E-state index contributed by atoms with van der Waals surface area (Å²) in [6.07, 6.45) is 1.65. The number of ether oxygens (including phenoxy) is 1. The standard InChI is InChI=1S/C18H15FN2O2S/c1-3-10-21-16-14(19)8-5-9-15(16)24-18(21)20-17(22)12-6-4-7-13(11-12)23-2/h3-9,11H,1,10H2,2H3. The van der Waals surface area contributed by atoms with E-state index < -0.39 is 5.91 Å². The van der Waals surface area contributed by atoms with Gasteiger partial charge in [-0.05, 0) is 30.3 Å². The van der Waals surface area contributed by atoms with Crippen molar-refractivity contribution in [2.75, 3.05) is 7.11 Å². The number of fused-ring (bicyclic) bond motifs is 1. The smallest absolute Gasteiger partial charge is 0.279 e. The van der Waals surface area contributed by atoms with Crippen LogP contribution in [-0.2, 0) is 6.54 Å². The van der Waals surface area contributed by atoms with Gasteiger partial charge in [-0.3, -0.25) is 4.79 Å². The van der Waals surface area contributed by atoms with Gasteiger partial charge in [0.1, 0.15) is 11.6 Å². The highest BCUT2D eigenvalue weighted by Gasteiger charge is 2.12. The van der Waals surface area contributed by atoms with Gasteiger partial charge in [-0.15, -0.1) is 6.58 Å². The fraction of sp³-hybridized carbons (Fsp3) is 0.111. The number of aromatic nitrogens is 1. The van der Waals surface area contributed by atoms with Crippen molar-refractivity contribution < 1.29 is 13.9 Å². The number of amides is 1. The summed E-state index contributed by atoms with van der Waals surface area (Å²) in [4.78, 5) is 17.1. The van der Waals surface area contributed by atoms with Crippen LogP contribution in [0, 0.1) is 5.82 Å². The third-order valence-electron chi connectivity index (χ3n) is 3.48. The van der Waals surface area contributed by atoms with Crippen LogP contribution in [-0.4, -0.2) is 17.6 Å². The summed E-state index contributed by atoms with van der Waals surface area (Å²) in [6, 6.07) is 11.6. The number of methoxy groups -OCH3 is 1. The zero-order valence-corrected chi connectivity index (χ0v) is 13.8. The maximum Gasteiger partial charge on any atom is 0.279 e. The van der Waals surface area contributed by atoms with Crippen molar-refractivity contribution in [3.05, 3.63) is 71.3 Å². The van der Waals surface area contributed by atoms with E-state index in [0.717, 1.165) is 4.70 Å². The predicted octanol–water partition coefficient (Wildman–Crippen LogP) is 3.78. The first-order chi connectivity index (χ1) is 11.6. The minimum atomic E-state index is -0.404. The number of para-hydroxylation sites is 1. The van der Waals surface area contributed by atoms with E-state index >= 15 is 0 Å². The number of nitrogens with zero attached hydrogens (tertiary/aromatic N) is 2. The molecule has 0 spiro atoms. The highest BCUT2D eigenvalue weighted by atomic mass is 32.1. The van der Waals surface area contributed by atoms with Crippen molar-refractivity contribution in [1.29, 1.82) is 0 Å². The minimum absolute atomic E-state index is 0.346. The van der Waals surface area contributed by atoms with E-state index in [-0.39, 0.29) is 5.82 Å². The van der Waals surface area contributed by atoms with Crippen LogP contribution in [0.2, 0.25) is 0 Å². The molecule has 0 aliphatic rings. The molecule has 0 fully saturated rings. The molecule has 1 heterocycles. The Morgan fingerprint density at radius 3 is 2.92 bits per heavy atom. The molecule has 2 aromatic carbocycles. The van der Waals surface area contributed by atoms with E-state index in [9.17, 15) is 9.18 Å². The number of carbonyl (C=O) groups is 1. The van der Waals surface area contributed by atoms with Crippen molar-refractivity contribution in [2.24, 2.45) is 4.99 Å². The number of halogens is 1. The zero-order valence-electron chi connectivity index (χ0n) is 13.0. The Morgan fingerprint density at radius 2 is 2.17 bits per heavy atom. The van der Waals surface area contributed by atoms with Crippen molar-refractivity contribution in [1.82, 2.24) is 4.57 Å². The van der Waals surface area contributed by atoms with Crippen molar-refractivity contribution in [2.45, 2.75) is 6.54 Å². The summed E-state index contributed by atoms with van der Waals surface area (Å²) in [5, 5.41) is 0. The second kappa shape index (κ2) is 6.80. The van der Waals surface area contributed by atoms with Gasteiger partial charge in [0.05, 0.1) is 17.3 Å². The topological polar surface area (TPSA) is 43.6 Å². The van der Waals surface area contributed by atoms with Crippen LogP contribution in [0.15, 0.2) is 60.1 Å². The van der Waals surface area contributed by atoms with Crippen LogP contribution in [0.5, 0.6) is 5.75 Å². The van der Waals surface area contributed by atoms with E-state index in [1.807, 2.05) is 0 Å². The number of benzene rings is 2. The van der Waals surface area contributed by atoms with Crippen LogP contribution < -0.4 is 9.54 Å². The monoisotopic (exact) mass is 342 g/mol. The largest absolute Gasteiger partial charge is 0.497 e. The molecule has 0 unspecified atom stereocenters. The molecule has 24 heavy (non-hydrogen) atoms. The molecule has 0 saturated heterocycles. The molecular weight excluding hydrogens is 327 g/mol. The molecule has 6 heteroatoms. The molecule has 3 rings (SSSR count). The third-order valence-corrected chi connectivity index (χ3v) is 4.52. The summed E-state index contributed by atoms with van der Waals surface area (Å²) in [7, 11) is 1.54. The molecule has 0 saturated carbocycles. The van der Waals surface area contributed by atoms with E-state index in [0.29, 0.717) is 28.2 Å². The molecule has 122 valence electrons. The highest BCUT2D eigenvalue weighted by molar-refractivity contribution is 7.16. The molecule has 1 amide bonds. The van der Waals surface area contributed by atoms with Crippen LogP contribution in [0.3, 0.4) is 0 Å². The van der Waals surface area contributed by atoms with E-state index in [2.05, 4.69) is 11.6 Å². The van der Waals surface area contributed by atoms with E-state index in [1.54, 1.807) is 47.0 Å². The lowest BCUT2D eigenvalue weighted by Gasteiger charge is -2.02. The number of hydrogen-bond donors (Lipinski definition) is 0. The first-order valence-electron chi connectivity index (χ1n) is 7.26. The van der Waals surface area contributed by atoms with Gasteiger partial charge in [0.2, 0.25) is 0 Å². The van der Waals surface area contributed by atoms with Crippen molar-refractivity contribution in [3.8, 4) is 5.75 Å². The SMILES string of the molecule is C=CCn1c(=NC(=O)c2cccc(OC)c2)sc2cccc(F)c21. The molecule has 0 aliphatic carbocycles. The van der Waals surface area contributed by atoms with E-state index in [4.69, 9.17) is 4.74 Å². The lowest BCUT2D eigenvalue weighted by molar-refractivity contribution is 0.0997. The lowest BCUT2D eigenvalue weighted by Crippen LogP contribution is -2.16. The fourth-order valence-corrected chi connectivity index (χ4v) is 3.43. The molecule has 0 radical (unpaired) electrons. The van der Waals surface area contributed by atoms with Gasteiger partial charge in [-0.25, -0.2) is 4.39 Å². The molecule has 0 bridgehead atoms. The Hall–Kier alpha value is -2.73. The molecule has 0 atom stereocenters. The third kappa shape index (κ3) is 3.00. The lowest BCUT2D eigenvalue weighted by atomic mass is 10.2. The van der Waals surface area contributed by atoms with Crippen LogP contribution in [0.25, 0.3) is 10.2 Å². The summed E-state index contributed by atoms with van der Waals surface area (Å²) < 4.78 is 21.7. The van der Waals surface area contributed by atoms with Gasteiger partial charge < -0.3 is 9.30 Å². The molecule has 0 N–H and O–H groups in total. The average molecular weight is 342 g/mol. The Kier molecular flexibility index (Phi) is 4.57. The molecule has 1 aromatic heterocycles. The normalized spacial score (nSPS) is 11.7. The quantitative estimate of drug-likeness (QED) is 0.677. The van der Waals surface area contributed by atoms with E-state index in [1.165, 1.54) is 24.5 Å². The van der Waals surface area contributed by atoms with Crippen LogP contribution >= 0.6 is 11.3 Å². The molecule has 0 aliphatic heterocycles. The van der Waals surface area contributed by atoms with Crippen LogP contribution in [0.4, 0.5) is 4.39 Å². The number of carbonyl (C=O) groups excluding carboxylic acids is 1. The number of thiazole rings is 1. The van der Waals surface area contributed by atoms with Gasteiger partial charge in [-0.1, -0.05) is 29.5 Å². The first-order valence-corrected chi connectivity index (χ1v) is 8.07. The second-order valence-electron chi connectivity index (χ2n) is 5.02. The first kappa shape index (κ1) is 16.1. The summed E-state index contributed by atoms with van der Waals surface area (Å²) in [5.41, 5.74) is 0.844. The Balaban J connectivity index is 2.15. The number of rotatable bonds is 4. The maximum atomic E-state index is 14.2.